The number of methoxy groups -OCH3 is 1. The van der Waals surface area contributed by atoms with Crippen molar-refractivity contribution in [2.75, 3.05) is 14.2 Å². The van der Waals surface area contributed by atoms with Crippen molar-refractivity contribution in [3.05, 3.63) is 0 Å². The number of hydrogen-bond acceptors (Lipinski definition) is 13. The molecule has 4 N–H and O–H groups in total. The topological polar surface area (TPSA) is 183 Å². The number of aliphatic hydroxyl groups excluding tert-OH is 3. The highest BCUT2D eigenvalue weighted by Gasteiger charge is 2.59. The van der Waals surface area contributed by atoms with Crippen LogP contribution in [-0.4, -0.2) is 142 Å². The Labute approximate surface area is 309 Å². The van der Waals surface area contributed by atoms with Gasteiger partial charge in [-0.1, -0.05) is 27.7 Å². The number of amides is 1. The normalized spacial score (nSPS) is 47.9. The Morgan fingerprint density at radius 2 is 1.69 bits per heavy atom. The third-order valence-electron chi connectivity index (χ3n) is 12.7. The van der Waals surface area contributed by atoms with Gasteiger partial charge in [-0.05, 0) is 66.7 Å². The molecule has 4 heterocycles. The van der Waals surface area contributed by atoms with Crippen LogP contribution in [0.3, 0.4) is 0 Å². The third-order valence-corrected chi connectivity index (χ3v) is 12.7. The van der Waals surface area contributed by atoms with E-state index in [0.29, 0.717) is 12.8 Å². The molecule has 0 spiro atoms. The molecule has 14 heteroatoms. The summed E-state index contributed by atoms with van der Waals surface area (Å²) in [5, 5.41) is 45.4. The molecule has 1 amide bonds. The number of esters is 1. The standard InChI is InChI=1S/C38H67NO13/c1-14-26(41)38(11,45)33-20(4)29-18(2)16-37(10,52-29)32(51-35-28(42)25(15-19(3)47-35)39(12)24(8)40)21(5)30(22(6)34(44)50-33)49-27-17-36(9,46-13)31(43)23(7)48-27/h18-23,25-33,35,41-43,45H,14-17H2,1-13H3/t18?,19?,20-,21-,22+,23?,25?,26+,27-,28?,29?,30-,31-,32+,33+,35-,36?,37+,38+/m0/s1. The molecule has 2 bridgehead atoms. The van der Waals surface area contributed by atoms with Crippen LogP contribution in [0.15, 0.2) is 0 Å². The quantitative estimate of drug-likeness (QED) is 0.253. The second-order valence-electron chi connectivity index (χ2n) is 16.9. The van der Waals surface area contributed by atoms with Gasteiger partial charge < -0.3 is 58.5 Å². The Kier molecular flexibility index (Phi) is 13.6. The van der Waals surface area contributed by atoms with Crippen LogP contribution in [-0.2, 0) is 42.7 Å². The molecule has 52 heavy (non-hydrogen) atoms. The minimum atomic E-state index is -1.82. The molecule has 0 radical (unpaired) electrons. The largest absolute Gasteiger partial charge is 0.459 e. The van der Waals surface area contributed by atoms with Crippen LogP contribution in [0.5, 0.6) is 0 Å². The summed E-state index contributed by atoms with van der Waals surface area (Å²) in [6.07, 6.45) is -8.61. The fourth-order valence-corrected chi connectivity index (χ4v) is 9.31. The first-order chi connectivity index (χ1) is 24.0. The molecule has 0 aliphatic carbocycles. The summed E-state index contributed by atoms with van der Waals surface area (Å²) in [6, 6.07) is -0.572. The number of rotatable bonds is 9. The van der Waals surface area contributed by atoms with E-state index in [1.165, 1.54) is 25.9 Å². The van der Waals surface area contributed by atoms with Gasteiger partial charge in [-0.3, -0.25) is 9.59 Å². The monoisotopic (exact) mass is 745 g/mol. The molecule has 4 saturated heterocycles. The summed E-state index contributed by atoms with van der Waals surface area (Å²) in [4.78, 5) is 28.2. The molecule has 0 aromatic rings. The maximum atomic E-state index is 14.3. The maximum absolute atomic E-state index is 14.3. The molecular weight excluding hydrogens is 678 g/mol. The fraction of sp³-hybridized carbons (Fsp3) is 0.947. The van der Waals surface area contributed by atoms with Crippen LogP contribution >= 0.6 is 0 Å². The van der Waals surface area contributed by atoms with Gasteiger partial charge >= 0.3 is 5.97 Å². The Morgan fingerprint density at radius 1 is 1.06 bits per heavy atom. The van der Waals surface area contributed by atoms with Crippen molar-refractivity contribution in [2.45, 2.75) is 192 Å². The van der Waals surface area contributed by atoms with Crippen molar-refractivity contribution < 1.29 is 63.2 Å². The minimum absolute atomic E-state index is 0.107. The lowest BCUT2D eigenvalue weighted by molar-refractivity contribution is -0.318. The average Bonchev–Trinajstić information content (AvgIpc) is 3.40. The van der Waals surface area contributed by atoms with Crippen LogP contribution in [0.1, 0.15) is 102 Å². The molecule has 4 fully saturated rings. The maximum Gasteiger partial charge on any atom is 0.311 e. The number of cyclic esters (lactones) is 1. The van der Waals surface area contributed by atoms with Gasteiger partial charge in [0.15, 0.2) is 12.6 Å². The first-order valence-electron chi connectivity index (χ1n) is 19.1. The molecule has 4 aliphatic heterocycles. The fourth-order valence-electron chi connectivity index (χ4n) is 9.31. The van der Waals surface area contributed by atoms with E-state index < -0.39 is 108 Å². The number of likely N-dealkylation sites (N-methyl/N-ethyl adjacent to an activating group) is 1. The van der Waals surface area contributed by atoms with Gasteiger partial charge in [-0.2, -0.15) is 0 Å². The highest BCUT2D eigenvalue weighted by atomic mass is 16.7. The molecule has 4 rings (SSSR count). The van der Waals surface area contributed by atoms with Crippen LogP contribution in [0.4, 0.5) is 0 Å². The number of fused-ring (bicyclic) bond motifs is 2. The number of hydrogen-bond donors (Lipinski definition) is 4. The van der Waals surface area contributed by atoms with E-state index in [0.717, 1.165) is 0 Å². The van der Waals surface area contributed by atoms with Crippen molar-refractivity contribution in [2.24, 2.45) is 23.7 Å². The zero-order valence-electron chi connectivity index (χ0n) is 33.5. The molecule has 7 unspecified atom stereocenters. The van der Waals surface area contributed by atoms with Gasteiger partial charge in [0.2, 0.25) is 5.91 Å². The molecule has 0 aromatic heterocycles. The SMILES string of the molecule is CC[C@@H](O)[C@@](C)(O)[C@@H]1OC(=O)[C@H](C)[C@@H](O[C@H]2CC(C)(OC)[C@@H](O)C(C)O2)[C@H](C)[C@@H](O[C@@H]2OC(C)CC(N(C)C(C)=O)C2O)[C@@]2(C)CC(C)C(O2)[C@@H]1C. The number of ether oxygens (including phenoxy) is 7. The van der Waals surface area contributed by atoms with Crippen molar-refractivity contribution in [3.8, 4) is 0 Å². The van der Waals surface area contributed by atoms with Crippen LogP contribution in [0.2, 0.25) is 0 Å². The highest BCUT2D eigenvalue weighted by Crippen LogP contribution is 2.48. The number of carbonyl (C=O) groups excluding carboxylic acids is 2. The molecule has 14 nitrogen and oxygen atoms in total. The van der Waals surface area contributed by atoms with E-state index in [1.807, 2.05) is 34.6 Å². The number of carbonyl (C=O) groups is 2. The zero-order chi connectivity index (χ0) is 39.2. The van der Waals surface area contributed by atoms with E-state index in [4.69, 9.17) is 33.2 Å². The van der Waals surface area contributed by atoms with E-state index in [1.54, 1.807) is 34.7 Å². The predicted molar refractivity (Wildman–Crippen MR) is 189 cm³/mol. The summed E-state index contributed by atoms with van der Waals surface area (Å²) in [6.45, 7) is 19.4. The molecule has 4 aliphatic rings. The lowest BCUT2D eigenvalue weighted by Crippen LogP contribution is -2.60. The van der Waals surface area contributed by atoms with E-state index in [-0.39, 0.29) is 30.8 Å². The van der Waals surface area contributed by atoms with Gasteiger partial charge in [0.1, 0.15) is 23.9 Å². The van der Waals surface area contributed by atoms with Crippen LogP contribution < -0.4 is 0 Å². The number of aliphatic hydroxyl groups is 4. The van der Waals surface area contributed by atoms with Crippen molar-refractivity contribution in [3.63, 3.8) is 0 Å². The Bertz CT molecular complexity index is 1240. The molecule has 0 aromatic carbocycles. The van der Waals surface area contributed by atoms with E-state index >= 15 is 0 Å². The highest BCUT2D eigenvalue weighted by molar-refractivity contribution is 5.73. The van der Waals surface area contributed by atoms with Gasteiger partial charge in [0.25, 0.3) is 0 Å². The van der Waals surface area contributed by atoms with Crippen LogP contribution in [0, 0.1) is 23.7 Å². The van der Waals surface area contributed by atoms with Crippen molar-refractivity contribution in [1.82, 2.24) is 4.90 Å². The summed E-state index contributed by atoms with van der Waals surface area (Å²) < 4.78 is 44.9. The second kappa shape index (κ2) is 16.3. The Balaban J connectivity index is 1.83. The second-order valence-corrected chi connectivity index (χ2v) is 16.9. The van der Waals surface area contributed by atoms with E-state index in [2.05, 4.69) is 0 Å². The molecule has 302 valence electrons. The molecule has 19 atom stereocenters. The predicted octanol–water partition coefficient (Wildman–Crippen LogP) is 2.54. The summed E-state index contributed by atoms with van der Waals surface area (Å²) in [5.41, 5.74) is -3.86. The first-order valence-corrected chi connectivity index (χ1v) is 19.1. The van der Waals surface area contributed by atoms with E-state index in [9.17, 15) is 30.0 Å². The summed E-state index contributed by atoms with van der Waals surface area (Å²) in [5.74, 6) is -3.13. The lowest BCUT2D eigenvalue weighted by atomic mass is 9.76. The van der Waals surface area contributed by atoms with Gasteiger partial charge in [-0.25, -0.2) is 0 Å². The first kappa shape index (κ1) is 43.3. The van der Waals surface area contributed by atoms with Crippen molar-refractivity contribution in [1.29, 1.82) is 0 Å². The van der Waals surface area contributed by atoms with Gasteiger partial charge in [0, 0.05) is 39.3 Å². The summed E-state index contributed by atoms with van der Waals surface area (Å²) in [7, 11) is 3.16. The molecular formula is C38H67NO13. The Hall–Kier alpha value is -1.46. The Morgan fingerprint density at radius 3 is 2.27 bits per heavy atom. The lowest BCUT2D eigenvalue weighted by Gasteiger charge is -2.48. The zero-order valence-corrected chi connectivity index (χ0v) is 33.5. The van der Waals surface area contributed by atoms with Crippen molar-refractivity contribution >= 4 is 11.9 Å². The minimum Gasteiger partial charge on any atom is -0.459 e. The number of nitrogens with zero attached hydrogens (tertiary/aromatic N) is 1. The third kappa shape index (κ3) is 8.36. The van der Waals surface area contributed by atoms with Crippen LogP contribution in [0.25, 0.3) is 0 Å². The smallest absolute Gasteiger partial charge is 0.311 e. The molecule has 0 saturated carbocycles. The summed E-state index contributed by atoms with van der Waals surface area (Å²) >= 11 is 0. The van der Waals surface area contributed by atoms with Gasteiger partial charge in [-0.15, -0.1) is 0 Å². The van der Waals surface area contributed by atoms with Gasteiger partial charge in [0.05, 0.1) is 59.8 Å². The average molecular weight is 746 g/mol.